The summed E-state index contributed by atoms with van der Waals surface area (Å²) in [4.78, 5) is 0. The van der Waals surface area contributed by atoms with Crippen LogP contribution in [0.25, 0.3) is 0 Å². The average Bonchev–Trinajstić information content (AvgIpc) is 2.28. The average molecular weight is 257 g/mol. The van der Waals surface area contributed by atoms with E-state index in [4.69, 9.17) is 4.74 Å². The largest absolute Gasteiger partial charge is 0.489 e. The molecule has 102 valence electrons. The topological polar surface area (TPSA) is 21.3 Å². The molecule has 1 unspecified atom stereocenters. The summed E-state index contributed by atoms with van der Waals surface area (Å²) < 4.78 is 31.7. The molecular weight excluding hydrogens is 236 g/mol. The van der Waals surface area contributed by atoms with Gasteiger partial charge in [0.2, 0.25) is 0 Å². The molecule has 0 amide bonds. The van der Waals surface area contributed by atoms with E-state index in [9.17, 15) is 8.78 Å². The molecule has 1 rings (SSSR count). The molecule has 0 fully saturated rings. The summed E-state index contributed by atoms with van der Waals surface area (Å²) in [6.07, 6.45) is 2.82. The predicted octanol–water partition coefficient (Wildman–Crippen LogP) is 3.51. The van der Waals surface area contributed by atoms with Gasteiger partial charge in [0.05, 0.1) is 0 Å². The second-order valence-electron chi connectivity index (χ2n) is 4.34. The molecule has 0 aromatic heterocycles. The Hall–Kier alpha value is -1.16. The Bertz CT molecular complexity index is 337. The molecule has 0 radical (unpaired) electrons. The fourth-order valence-electron chi connectivity index (χ4n) is 1.75. The minimum Gasteiger partial charge on any atom is -0.489 e. The van der Waals surface area contributed by atoms with E-state index >= 15 is 0 Å². The van der Waals surface area contributed by atoms with E-state index in [0.717, 1.165) is 31.9 Å². The molecule has 1 N–H and O–H groups in total. The van der Waals surface area contributed by atoms with Crippen LogP contribution in [0.1, 0.15) is 33.1 Å². The molecule has 0 bridgehead atoms. The van der Waals surface area contributed by atoms with Crippen molar-refractivity contribution in [2.75, 3.05) is 13.1 Å². The smallest absolute Gasteiger partial charge is 0.129 e. The third kappa shape index (κ3) is 5.45. The van der Waals surface area contributed by atoms with Gasteiger partial charge in [-0.1, -0.05) is 20.3 Å². The zero-order chi connectivity index (χ0) is 13.4. The number of rotatable bonds is 8. The van der Waals surface area contributed by atoms with Crippen molar-refractivity contribution in [1.82, 2.24) is 5.32 Å². The van der Waals surface area contributed by atoms with E-state index < -0.39 is 11.6 Å². The third-order valence-corrected chi connectivity index (χ3v) is 2.55. The summed E-state index contributed by atoms with van der Waals surface area (Å²) in [5, 5.41) is 3.26. The van der Waals surface area contributed by atoms with Crippen LogP contribution in [0.5, 0.6) is 5.75 Å². The van der Waals surface area contributed by atoms with Gasteiger partial charge in [-0.25, -0.2) is 8.78 Å². The molecular formula is C14H21F2NO. The number of hydrogen-bond donors (Lipinski definition) is 1. The van der Waals surface area contributed by atoms with Crippen LogP contribution in [-0.2, 0) is 0 Å². The van der Waals surface area contributed by atoms with E-state index in [1.54, 1.807) is 0 Å². The molecule has 0 saturated heterocycles. The van der Waals surface area contributed by atoms with Crippen LogP contribution in [0.15, 0.2) is 18.2 Å². The first-order chi connectivity index (χ1) is 8.65. The maximum absolute atomic E-state index is 13.0. The lowest BCUT2D eigenvalue weighted by molar-refractivity contribution is 0.185. The Morgan fingerprint density at radius 3 is 2.33 bits per heavy atom. The van der Waals surface area contributed by atoms with E-state index in [-0.39, 0.29) is 11.9 Å². The summed E-state index contributed by atoms with van der Waals surface area (Å²) in [5.41, 5.74) is 0. The second kappa shape index (κ2) is 8.03. The van der Waals surface area contributed by atoms with Gasteiger partial charge in [-0.05, 0) is 19.4 Å². The van der Waals surface area contributed by atoms with E-state index in [2.05, 4.69) is 19.2 Å². The Kier molecular flexibility index (Phi) is 6.65. The van der Waals surface area contributed by atoms with Gasteiger partial charge in [0.15, 0.2) is 0 Å². The van der Waals surface area contributed by atoms with Gasteiger partial charge in [-0.3, -0.25) is 0 Å². The Morgan fingerprint density at radius 1 is 1.11 bits per heavy atom. The molecule has 0 aliphatic carbocycles. The van der Waals surface area contributed by atoms with E-state index in [1.807, 2.05) is 0 Å². The first-order valence-corrected chi connectivity index (χ1v) is 6.49. The summed E-state index contributed by atoms with van der Waals surface area (Å²) in [5.74, 6) is -0.965. The summed E-state index contributed by atoms with van der Waals surface area (Å²) in [6.45, 7) is 5.76. The van der Waals surface area contributed by atoms with Crippen LogP contribution in [0.4, 0.5) is 8.78 Å². The number of benzene rings is 1. The number of nitrogens with one attached hydrogen (secondary N) is 1. The van der Waals surface area contributed by atoms with Crippen molar-refractivity contribution in [3.05, 3.63) is 29.8 Å². The van der Waals surface area contributed by atoms with Crippen LogP contribution >= 0.6 is 0 Å². The van der Waals surface area contributed by atoms with E-state index in [0.29, 0.717) is 6.54 Å². The zero-order valence-electron chi connectivity index (χ0n) is 11.0. The molecule has 0 spiro atoms. The van der Waals surface area contributed by atoms with Crippen LogP contribution in [0.2, 0.25) is 0 Å². The van der Waals surface area contributed by atoms with Crippen molar-refractivity contribution in [2.45, 2.75) is 39.2 Å². The molecule has 0 aliphatic heterocycles. The van der Waals surface area contributed by atoms with Crippen molar-refractivity contribution >= 4 is 0 Å². The molecule has 1 aromatic rings. The molecule has 0 heterocycles. The SMILES string of the molecule is CCCNCC(CCC)Oc1cc(F)cc(F)c1. The quantitative estimate of drug-likeness (QED) is 0.719. The summed E-state index contributed by atoms with van der Waals surface area (Å²) in [7, 11) is 0. The fourth-order valence-corrected chi connectivity index (χ4v) is 1.75. The van der Waals surface area contributed by atoms with E-state index in [1.165, 1.54) is 12.1 Å². The van der Waals surface area contributed by atoms with Gasteiger partial charge in [0.25, 0.3) is 0 Å². The van der Waals surface area contributed by atoms with Crippen molar-refractivity contribution in [3.8, 4) is 5.75 Å². The standard InChI is InChI=1S/C14H21F2NO/c1-3-5-13(10-17-6-4-2)18-14-8-11(15)7-12(16)9-14/h7-9,13,17H,3-6,10H2,1-2H3. The Labute approximate surface area is 107 Å². The zero-order valence-corrected chi connectivity index (χ0v) is 11.0. The predicted molar refractivity (Wildman–Crippen MR) is 68.8 cm³/mol. The Morgan fingerprint density at radius 2 is 1.78 bits per heavy atom. The van der Waals surface area contributed by atoms with Crippen LogP contribution in [-0.4, -0.2) is 19.2 Å². The van der Waals surface area contributed by atoms with Crippen molar-refractivity contribution in [3.63, 3.8) is 0 Å². The van der Waals surface area contributed by atoms with Gasteiger partial charge in [0, 0.05) is 24.7 Å². The highest BCUT2D eigenvalue weighted by Crippen LogP contribution is 2.18. The van der Waals surface area contributed by atoms with Gasteiger partial charge < -0.3 is 10.1 Å². The monoisotopic (exact) mass is 257 g/mol. The summed E-state index contributed by atoms with van der Waals surface area (Å²) in [6, 6.07) is 3.27. The molecule has 2 nitrogen and oxygen atoms in total. The lowest BCUT2D eigenvalue weighted by Gasteiger charge is -2.19. The van der Waals surface area contributed by atoms with Crippen molar-refractivity contribution in [1.29, 1.82) is 0 Å². The fraction of sp³-hybridized carbons (Fsp3) is 0.571. The van der Waals surface area contributed by atoms with Gasteiger partial charge in [-0.15, -0.1) is 0 Å². The third-order valence-electron chi connectivity index (χ3n) is 2.55. The first-order valence-electron chi connectivity index (χ1n) is 6.49. The molecule has 0 saturated carbocycles. The summed E-state index contributed by atoms with van der Waals surface area (Å²) >= 11 is 0. The maximum Gasteiger partial charge on any atom is 0.129 e. The van der Waals surface area contributed by atoms with Crippen molar-refractivity contribution in [2.24, 2.45) is 0 Å². The molecule has 1 aromatic carbocycles. The lowest BCUT2D eigenvalue weighted by Crippen LogP contribution is -2.31. The second-order valence-corrected chi connectivity index (χ2v) is 4.34. The Balaban J connectivity index is 2.58. The first kappa shape index (κ1) is 14.9. The molecule has 1 atom stereocenters. The van der Waals surface area contributed by atoms with Crippen LogP contribution in [0.3, 0.4) is 0 Å². The highest BCUT2D eigenvalue weighted by atomic mass is 19.1. The minimum atomic E-state index is -0.609. The van der Waals surface area contributed by atoms with Gasteiger partial charge in [-0.2, -0.15) is 0 Å². The highest BCUT2D eigenvalue weighted by molar-refractivity contribution is 5.24. The van der Waals surface area contributed by atoms with Crippen LogP contribution < -0.4 is 10.1 Å². The van der Waals surface area contributed by atoms with Crippen LogP contribution in [0, 0.1) is 11.6 Å². The number of hydrogen-bond acceptors (Lipinski definition) is 2. The maximum atomic E-state index is 13.0. The lowest BCUT2D eigenvalue weighted by atomic mass is 10.2. The number of halogens is 2. The normalized spacial score (nSPS) is 12.4. The number of ether oxygens (including phenoxy) is 1. The molecule has 0 aliphatic rings. The van der Waals surface area contributed by atoms with Gasteiger partial charge in [0.1, 0.15) is 23.5 Å². The highest BCUT2D eigenvalue weighted by Gasteiger charge is 2.10. The molecule has 4 heteroatoms. The van der Waals surface area contributed by atoms with Gasteiger partial charge >= 0.3 is 0 Å². The van der Waals surface area contributed by atoms with Crippen molar-refractivity contribution < 1.29 is 13.5 Å². The molecule has 18 heavy (non-hydrogen) atoms. The minimum absolute atomic E-state index is 0.0530.